The van der Waals surface area contributed by atoms with E-state index >= 15 is 0 Å². The molecule has 0 saturated heterocycles. The quantitative estimate of drug-likeness (QED) is 0.568. The second kappa shape index (κ2) is 5.59. The minimum atomic E-state index is -0.959. The zero-order chi connectivity index (χ0) is 12.0. The van der Waals surface area contributed by atoms with Crippen molar-refractivity contribution in [2.24, 2.45) is 0 Å². The minimum Gasteiger partial charge on any atom is -0.481 e. The van der Waals surface area contributed by atoms with Gasteiger partial charge in [-0.3, -0.25) is 4.79 Å². The summed E-state index contributed by atoms with van der Waals surface area (Å²) in [6.45, 7) is 0.0773. The fraction of sp³-hybridized carbons (Fsp3) is 0.200. The van der Waals surface area contributed by atoms with Crippen LogP contribution in [-0.4, -0.2) is 23.7 Å². The molecule has 0 bridgehead atoms. The van der Waals surface area contributed by atoms with Gasteiger partial charge in [0.2, 0.25) is 0 Å². The van der Waals surface area contributed by atoms with E-state index in [0.717, 1.165) is 0 Å². The summed E-state index contributed by atoms with van der Waals surface area (Å²) in [5.74, 6) is -0.959. The van der Waals surface area contributed by atoms with Crippen LogP contribution in [0.5, 0.6) is 0 Å². The number of urea groups is 1. The summed E-state index contributed by atoms with van der Waals surface area (Å²) < 4.78 is 0. The number of hydrogen-bond acceptors (Lipinski definition) is 3. The molecule has 0 atom stereocenters. The number of rotatable bonds is 4. The van der Waals surface area contributed by atoms with Crippen LogP contribution >= 0.6 is 0 Å². The molecule has 0 spiro atoms. The minimum absolute atomic E-state index is 0.0773. The smallest absolute Gasteiger partial charge is 0.319 e. The van der Waals surface area contributed by atoms with Crippen molar-refractivity contribution in [1.29, 1.82) is 0 Å². The van der Waals surface area contributed by atoms with Gasteiger partial charge in [0.25, 0.3) is 0 Å². The van der Waals surface area contributed by atoms with Crippen molar-refractivity contribution in [2.75, 3.05) is 17.6 Å². The number of carboxylic acids is 1. The number of carbonyl (C=O) groups is 2. The summed E-state index contributed by atoms with van der Waals surface area (Å²) in [6.07, 6.45) is -0.113. The predicted molar refractivity (Wildman–Crippen MR) is 60.1 cm³/mol. The van der Waals surface area contributed by atoms with Gasteiger partial charge in [0.05, 0.1) is 17.8 Å². The molecule has 5 N–H and O–H groups in total. The van der Waals surface area contributed by atoms with E-state index in [-0.39, 0.29) is 13.0 Å². The highest BCUT2D eigenvalue weighted by Gasteiger charge is 2.04. The van der Waals surface area contributed by atoms with Crippen LogP contribution in [-0.2, 0) is 4.79 Å². The number of carbonyl (C=O) groups excluding carboxylic acids is 1. The Kier molecular flexibility index (Phi) is 4.14. The SMILES string of the molecule is Nc1ccccc1NC(=O)NCCC(=O)O. The van der Waals surface area contributed by atoms with E-state index in [2.05, 4.69) is 10.6 Å². The number of benzene rings is 1. The third-order valence-corrected chi connectivity index (χ3v) is 1.83. The number of carboxylic acid groups (broad SMARTS) is 1. The molecule has 0 fully saturated rings. The molecule has 16 heavy (non-hydrogen) atoms. The first-order valence-electron chi connectivity index (χ1n) is 4.70. The number of nitrogens with one attached hydrogen (secondary N) is 2. The van der Waals surface area contributed by atoms with Crippen LogP contribution in [0.15, 0.2) is 24.3 Å². The number of aliphatic carboxylic acids is 1. The maximum atomic E-state index is 11.3. The van der Waals surface area contributed by atoms with Gasteiger partial charge in [-0.1, -0.05) is 12.1 Å². The molecule has 86 valence electrons. The van der Waals surface area contributed by atoms with Crippen LogP contribution in [0, 0.1) is 0 Å². The van der Waals surface area contributed by atoms with Crippen LogP contribution in [0.25, 0.3) is 0 Å². The highest BCUT2D eigenvalue weighted by Crippen LogP contribution is 2.15. The van der Waals surface area contributed by atoms with Gasteiger partial charge in [-0.2, -0.15) is 0 Å². The van der Waals surface area contributed by atoms with Crippen LogP contribution in [0.4, 0.5) is 16.2 Å². The predicted octanol–water partition coefficient (Wildman–Crippen LogP) is 0.865. The summed E-state index contributed by atoms with van der Waals surface area (Å²) in [5.41, 5.74) is 6.56. The van der Waals surface area contributed by atoms with Crippen LogP contribution < -0.4 is 16.4 Å². The number of anilines is 2. The van der Waals surface area contributed by atoms with E-state index in [0.29, 0.717) is 11.4 Å². The Morgan fingerprint density at radius 3 is 2.62 bits per heavy atom. The largest absolute Gasteiger partial charge is 0.481 e. The molecule has 1 aromatic rings. The second-order valence-electron chi connectivity index (χ2n) is 3.11. The molecule has 0 saturated carbocycles. The van der Waals surface area contributed by atoms with Crippen molar-refractivity contribution in [1.82, 2.24) is 5.32 Å². The topological polar surface area (TPSA) is 104 Å². The lowest BCUT2D eigenvalue weighted by Gasteiger charge is -2.08. The van der Waals surface area contributed by atoms with E-state index < -0.39 is 12.0 Å². The summed E-state index contributed by atoms with van der Waals surface area (Å²) in [5, 5.41) is 13.3. The van der Waals surface area contributed by atoms with Crippen molar-refractivity contribution in [2.45, 2.75) is 6.42 Å². The zero-order valence-corrected chi connectivity index (χ0v) is 8.56. The Morgan fingerprint density at radius 2 is 2.00 bits per heavy atom. The molecule has 1 rings (SSSR count). The first kappa shape index (κ1) is 11.8. The molecule has 6 heteroatoms. The lowest BCUT2D eigenvalue weighted by molar-refractivity contribution is -0.136. The van der Waals surface area contributed by atoms with Crippen molar-refractivity contribution >= 4 is 23.4 Å². The number of hydrogen-bond donors (Lipinski definition) is 4. The standard InChI is InChI=1S/C10H13N3O3/c11-7-3-1-2-4-8(7)13-10(16)12-6-5-9(14)15/h1-4H,5-6,11H2,(H,14,15)(H2,12,13,16). The van der Waals surface area contributed by atoms with Gasteiger partial charge in [0.1, 0.15) is 0 Å². The maximum Gasteiger partial charge on any atom is 0.319 e. The van der Waals surface area contributed by atoms with Gasteiger partial charge in [-0.15, -0.1) is 0 Å². The molecular formula is C10H13N3O3. The fourth-order valence-electron chi connectivity index (χ4n) is 1.06. The molecule has 0 heterocycles. The molecular weight excluding hydrogens is 210 g/mol. The van der Waals surface area contributed by atoms with Gasteiger partial charge in [0.15, 0.2) is 0 Å². The molecule has 2 amide bonds. The molecule has 0 unspecified atom stereocenters. The zero-order valence-electron chi connectivity index (χ0n) is 8.56. The van der Waals surface area contributed by atoms with E-state index in [1.165, 1.54) is 0 Å². The van der Waals surface area contributed by atoms with Crippen LogP contribution in [0.1, 0.15) is 6.42 Å². The van der Waals surface area contributed by atoms with Crippen LogP contribution in [0.2, 0.25) is 0 Å². The average molecular weight is 223 g/mol. The fourth-order valence-corrected chi connectivity index (χ4v) is 1.06. The van der Waals surface area contributed by atoms with Crippen molar-refractivity contribution in [3.05, 3.63) is 24.3 Å². The summed E-state index contributed by atoms with van der Waals surface area (Å²) in [4.78, 5) is 21.5. The van der Waals surface area contributed by atoms with Gasteiger partial charge in [-0.25, -0.2) is 4.79 Å². The van der Waals surface area contributed by atoms with Gasteiger partial charge < -0.3 is 21.5 Å². The Labute approximate surface area is 92.4 Å². The Morgan fingerprint density at radius 1 is 1.31 bits per heavy atom. The summed E-state index contributed by atoms with van der Waals surface area (Å²) >= 11 is 0. The lowest BCUT2D eigenvalue weighted by atomic mass is 10.3. The van der Waals surface area contributed by atoms with Gasteiger partial charge >= 0.3 is 12.0 Å². The Hall–Kier alpha value is -2.24. The molecule has 0 aromatic heterocycles. The van der Waals surface area contributed by atoms with Crippen molar-refractivity contribution < 1.29 is 14.7 Å². The second-order valence-corrected chi connectivity index (χ2v) is 3.11. The monoisotopic (exact) mass is 223 g/mol. The van der Waals surface area contributed by atoms with Gasteiger partial charge in [-0.05, 0) is 12.1 Å². The van der Waals surface area contributed by atoms with E-state index in [4.69, 9.17) is 10.8 Å². The molecule has 0 aliphatic rings. The molecule has 0 aliphatic carbocycles. The normalized spacial score (nSPS) is 9.50. The molecule has 0 radical (unpaired) electrons. The van der Waals surface area contributed by atoms with Crippen molar-refractivity contribution in [3.63, 3.8) is 0 Å². The maximum absolute atomic E-state index is 11.3. The van der Waals surface area contributed by atoms with E-state index in [1.807, 2.05) is 0 Å². The molecule has 1 aromatic carbocycles. The number of para-hydroxylation sites is 2. The third-order valence-electron chi connectivity index (χ3n) is 1.83. The first-order chi connectivity index (χ1) is 7.59. The molecule has 6 nitrogen and oxygen atoms in total. The van der Waals surface area contributed by atoms with E-state index in [1.54, 1.807) is 24.3 Å². The highest BCUT2D eigenvalue weighted by molar-refractivity contribution is 5.92. The van der Waals surface area contributed by atoms with E-state index in [9.17, 15) is 9.59 Å². The third kappa shape index (κ3) is 3.87. The lowest BCUT2D eigenvalue weighted by Crippen LogP contribution is -2.30. The average Bonchev–Trinajstić information content (AvgIpc) is 2.21. The van der Waals surface area contributed by atoms with Crippen LogP contribution in [0.3, 0.4) is 0 Å². The summed E-state index contributed by atoms with van der Waals surface area (Å²) in [6, 6.07) is 6.34. The van der Waals surface area contributed by atoms with Gasteiger partial charge in [0, 0.05) is 6.54 Å². The number of amides is 2. The molecule has 0 aliphatic heterocycles. The highest BCUT2D eigenvalue weighted by atomic mass is 16.4. The Balaban J connectivity index is 2.40. The number of nitrogen functional groups attached to an aromatic ring is 1. The first-order valence-corrected chi connectivity index (χ1v) is 4.70. The Bertz CT molecular complexity index is 393. The summed E-state index contributed by atoms with van der Waals surface area (Å²) in [7, 11) is 0. The van der Waals surface area contributed by atoms with Crippen molar-refractivity contribution in [3.8, 4) is 0 Å². The number of nitrogens with two attached hydrogens (primary N) is 1.